The van der Waals surface area contributed by atoms with Gasteiger partial charge in [0.1, 0.15) is 0 Å². The predicted molar refractivity (Wildman–Crippen MR) is 48.5 cm³/mol. The summed E-state index contributed by atoms with van der Waals surface area (Å²) in [6.45, 7) is 4.72. The van der Waals surface area contributed by atoms with Gasteiger partial charge >= 0.3 is 0 Å². The fourth-order valence-corrected chi connectivity index (χ4v) is 1.20. The number of nitrogens with one attached hydrogen (secondary N) is 1. The normalized spacial score (nSPS) is 15.9. The quantitative estimate of drug-likeness (QED) is 0.410. The van der Waals surface area contributed by atoms with E-state index in [1.807, 2.05) is 6.92 Å². The van der Waals surface area contributed by atoms with Crippen molar-refractivity contribution in [3.8, 4) is 0 Å². The summed E-state index contributed by atoms with van der Waals surface area (Å²) in [5, 5.41) is 7.23. The van der Waals surface area contributed by atoms with E-state index in [0.29, 0.717) is 12.5 Å². The molecular weight excluding hydrogens is 138 g/mol. The number of nitrogens with two attached hydrogens (primary N) is 2. The molecule has 0 aliphatic heterocycles. The summed E-state index contributed by atoms with van der Waals surface area (Å²) >= 11 is 0. The summed E-state index contributed by atoms with van der Waals surface area (Å²) in [7, 11) is 0. The highest BCUT2D eigenvalue weighted by molar-refractivity contribution is 5.79. The Morgan fingerprint density at radius 3 is 2.36 bits per heavy atom. The third kappa shape index (κ3) is 3.37. The van der Waals surface area contributed by atoms with E-state index in [2.05, 4.69) is 6.92 Å². The molecule has 5 N–H and O–H groups in total. The molecule has 0 aromatic rings. The van der Waals surface area contributed by atoms with Crippen LogP contribution in [0.25, 0.3) is 0 Å². The lowest BCUT2D eigenvalue weighted by atomic mass is 9.89. The molecule has 66 valence electrons. The molecule has 2 atom stereocenters. The fraction of sp³-hybridized carbons (Fsp3) is 0.875. The minimum atomic E-state index is 0.139. The zero-order valence-electron chi connectivity index (χ0n) is 7.43. The first-order chi connectivity index (χ1) is 5.13. The van der Waals surface area contributed by atoms with Crippen molar-refractivity contribution in [2.24, 2.45) is 23.3 Å². The predicted octanol–water partition coefficient (Wildman–Crippen LogP) is 0.933. The molecule has 2 unspecified atom stereocenters. The van der Waals surface area contributed by atoms with Crippen molar-refractivity contribution < 1.29 is 0 Å². The van der Waals surface area contributed by atoms with E-state index in [1.165, 1.54) is 0 Å². The van der Waals surface area contributed by atoms with E-state index >= 15 is 0 Å². The van der Waals surface area contributed by atoms with Crippen molar-refractivity contribution in [2.45, 2.75) is 26.7 Å². The van der Waals surface area contributed by atoms with E-state index in [0.717, 1.165) is 12.8 Å². The lowest BCUT2D eigenvalue weighted by Gasteiger charge is -2.20. The zero-order valence-corrected chi connectivity index (χ0v) is 7.43. The molecule has 0 amide bonds. The van der Waals surface area contributed by atoms with E-state index in [4.69, 9.17) is 16.9 Å². The van der Waals surface area contributed by atoms with Crippen molar-refractivity contribution in [1.82, 2.24) is 0 Å². The van der Waals surface area contributed by atoms with Crippen LogP contribution in [0, 0.1) is 17.2 Å². The molecule has 0 saturated carbocycles. The highest BCUT2D eigenvalue weighted by Crippen LogP contribution is 2.15. The van der Waals surface area contributed by atoms with Crippen LogP contribution in [0.4, 0.5) is 0 Å². The van der Waals surface area contributed by atoms with Gasteiger partial charge in [-0.1, -0.05) is 20.3 Å². The molecule has 3 nitrogen and oxygen atoms in total. The van der Waals surface area contributed by atoms with Gasteiger partial charge in [-0.2, -0.15) is 0 Å². The van der Waals surface area contributed by atoms with Crippen LogP contribution in [-0.2, 0) is 0 Å². The maximum absolute atomic E-state index is 7.23. The molecule has 0 radical (unpaired) electrons. The van der Waals surface area contributed by atoms with E-state index in [1.54, 1.807) is 0 Å². The van der Waals surface area contributed by atoms with Gasteiger partial charge < -0.3 is 11.5 Å². The molecule has 11 heavy (non-hydrogen) atoms. The molecule has 0 saturated heterocycles. The highest BCUT2D eigenvalue weighted by Gasteiger charge is 2.16. The van der Waals surface area contributed by atoms with E-state index in [-0.39, 0.29) is 11.8 Å². The van der Waals surface area contributed by atoms with Gasteiger partial charge in [-0.05, 0) is 18.9 Å². The molecule has 0 aromatic carbocycles. The standard InChI is InChI=1S/C8H19N3/c1-3-4-7(5-9)6(2)8(10)11/h6-7H,3-5,9H2,1-2H3,(H3,10,11). The Morgan fingerprint density at radius 2 is 2.09 bits per heavy atom. The van der Waals surface area contributed by atoms with Gasteiger partial charge in [0.25, 0.3) is 0 Å². The first-order valence-electron chi connectivity index (χ1n) is 4.17. The lowest BCUT2D eigenvalue weighted by molar-refractivity contribution is 0.413. The first kappa shape index (κ1) is 10.4. The monoisotopic (exact) mass is 157 g/mol. The third-order valence-electron chi connectivity index (χ3n) is 2.16. The molecule has 0 fully saturated rings. The first-order valence-corrected chi connectivity index (χ1v) is 4.17. The Hall–Kier alpha value is -0.570. The Labute approximate surface area is 68.7 Å². The Bertz CT molecular complexity index is 123. The van der Waals surface area contributed by atoms with Gasteiger partial charge in [0.05, 0.1) is 5.84 Å². The highest BCUT2D eigenvalue weighted by atomic mass is 14.7. The van der Waals surface area contributed by atoms with E-state index < -0.39 is 0 Å². The topological polar surface area (TPSA) is 75.9 Å². The maximum Gasteiger partial charge on any atom is 0.0937 e. The zero-order chi connectivity index (χ0) is 8.85. The second-order valence-corrected chi connectivity index (χ2v) is 3.03. The van der Waals surface area contributed by atoms with Crippen LogP contribution in [0.1, 0.15) is 26.7 Å². The summed E-state index contributed by atoms with van der Waals surface area (Å²) in [5.41, 5.74) is 10.9. The van der Waals surface area contributed by atoms with Gasteiger partial charge in [0.2, 0.25) is 0 Å². The number of rotatable bonds is 5. The van der Waals surface area contributed by atoms with E-state index in [9.17, 15) is 0 Å². The molecule has 0 rings (SSSR count). The van der Waals surface area contributed by atoms with Crippen molar-refractivity contribution in [2.75, 3.05) is 6.54 Å². The molecule has 0 bridgehead atoms. The minimum Gasteiger partial charge on any atom is -0.387 e. The van der Waals surface area contributed by atoms with Crippen molar-refractivity contribution >= 4 is 5.84 Å². The fourth-order valence-electron chi connectivity index (χ4n) is 1.20. The van der Waals surface area contributed by atoms with Crippen LogP contribution < -0.4 is 11.5 Å². The number of hydrogen-bond donors (Lipinski definition) is 3. The summed E-state index contributed by atoms with van der Waals surface area (Å²) in [4.78, 5) is 0. The molecule has 3 heteroatoms. The SMILES string of the molecule is CCCC(CN)C(C)C(=N)N. The molecule has 0 aromatic heterocycles. The number of amidine groups is 1. The molecule has 0 aliphatic rings. The molecule has 0 heterocycles. The van der Waals surface area contributed by atoms with Crippen LogP contribution in [0.2, 0.25) is 0 Å². The van der Waals surface area contributed by atoms with Gasteiger partial charge in [0.15, 0.2) is 0 Å². The van der Waals surface area contributed by atoms with Crippen LogP contribution in [0.3, 0.4) is 0 Å². The Morgan fingerprint density at radius 1 is 1.55 bits per heavy atom. The van der Waals surface area contributed by atoms with Crippen LogP contribution in [0.5, 0.6) is 0 Å². The minimum absolute atomic E-state index is 0.139. The van der Waals surface area contributed by atoms with Crippen molar-refractivity contribution in [3.63, 3.8) is 0 Å². The largest absolute Gasteiger partial charge is 0.387 e. The van der Waals surface area contributed by atoms with Crippen molar-refractivity contribution in [3.05, 3.63) is 0 Å². The summed E-state index contributed by atoms with van der Waals surface area (Å²) in [6, 6.07) is 0. The van der Waals surface area contributed by atoms with Gasteiger partial charge in [0, 0.05) is 5.92 Å². The van der Waals surface area contributed by atoms with Crippen LogP contribution in [0.15, 0.2) is 0 Å². The summed E-state index contributed by atoms with van der Waals surface area (Å²) in [5.74, 6) is 0.784. The Kier molecular flexibility index (Phi) is 4.86. The summed E-state index contributed by atoms with van der Waals surface area (Å²) in [6.07, 6.45) is 2.18. The second-order valence-electron chi connectivity index (χ2n) is 3.03. The van der Waals surface area contributed by atoms with Crippen LogP contribution >= 0.6 is 0 Å². The molecular formula is C8H19N3. The average Bonchev–Trinajstić information content (AvgIpc) is 1.98. The third-order valence-corrected chi connectivity index (χ3v) is 2.16. The Balaban J connectivity index is 3.91. The average molecular weight is 157 g/mol. The molecule has 0 aliphatic carbocycles. The summed E-state index contributed by atoms with van der Waals surface area (Å²) < 4.78 is 0. The maximum atomic E-state index is 7.23. The van der Waals surface area contributed by atoms with Crippen molar-refractivity contribution in [1.29, 1.82) is 5.41 Å². The van der Waals surface area contributed by atoms with Gasteiger partial charge in [-0.3, -0.25) is 5.41 Å². The lowest BCUT2D eigenvalue weighted by Crippen LogP contribution is -2.31. The van der Waals surface area contributed by atoms with Gasteiger partial charge in [-0.25, -0.2) is 0 Å². The number of hydrogen-bond acceptors (Lipinski definition) is 2. The molecule has 0 spiro atoms. The van der Waals surface area contributed by atoms with Gasteiger partial charge in [-0.15, -0.1) is 0 Å². The second kappa shape index (κ2) is 5.13. The smallest absolute Gasteiger partial charge is 0.0937 e. The van der Waals surface area contributed by atoms with Crippen LogP contribution in [-0.4, -0.2) is 12.4 Å².